The van der Waals surface area contributed by atoms with E-state index in [9.17, 15) is 19.5 Å². The Morgan fingerprint density at radius 3 is 2.47 bits per heavy atom. The van der Waals surface area contributed by atoms with Crippen molar-refractivity contribution < 1.29 is 33.0 Å². The Hall–Kier alpha value is -3.89. The Labute approximate surface area is 192 Å². The molecule has 0 radical (unpaired) electrons. The lowest BCUT2D eigenvalue weighted by Crippen LogP contribution is -2.35. The van der Waals surface area contributed by atoms with E-state index in [0.717, 1.165) is 6.20 Å². The number of aromatic carboxylic acids is 1. The fourth-order valence-corrected chi connectivity index (χ4v) is 3.58. The second-order valence-corrected chi connectivity index (χ2v) is 9.08. The predicted octanol–water partition coefficient (Wildman–Crippen LogP) is 3.92. The van der Waals surface area contributed by atoms with Gasteiger partial charge in [0.25, 0.3) is 0 Å². The van der Waals surface area contributed by atoms with Gasteiger partial charge in [0.2, 0.25) is 11.2 Å². The van der Waals surface area contributed by atoms with Crippen LogP contribution in [0.1, 0.15) is 50.0 Å². The molecule has 0 atom stereocenters. The quantitative estimate of drug-likeness (QED) is 0.642. The molecule has 2 aromatic rings. The van der Waals surface area contributed by atoms with Gasteiger partial charge in [0.1, 0.15) is 16.9 Å². The number of fused-ring (bicyclic) bond motifs is 1. The molecule has 3 N–H and O–H groups in total. The van der Waals surface area contributed by atoms with Crippen LogP contribution in [-0.2, 0) is 4.74 Å². The number of halogens is 2. The number of carboxylic acid groups (broad SMARTS) is 1. The number of anilines is 1. The first-order chi connectivity index (χ1) is 15.9. The second kappa shape index (κ2) is 8.15. The van der Waals surface area contributed by atoms with E-state index >= 15 is 8.78 Å². The molecule has 2 aliphatic rings. The zero-order valence-electron chi connectivity index (χ0n) is 18.7. The monoisotopic (exact) mass is 475 g/mol. The minimum absolute atomic E-state index is 0.0730. The van der Waals surface area contributed by atoms with Gasteiger partial charge >= 0.3 is 12.1 Å². The molecule has 0 bridgehead atoms. The minimum atomic E-state index is -1.53. The molecule has 11 heteroatoms. The summed E-state index contributed by atoms with van der Waals surface area (Å²) in [6, 6.07) is -0.259. The number of carbonyl (C=O) groups excluding carboxylic acids is 1. The maximum Gasteiger partial charge on any atom is 0.414 e. The van der Waals surface area contributed by atoms with Gasteiger partial charge in [0.05, 0.1) is 22.8 Å². The number of benzene rings is 1. The summed E-state index contributed by atoms with van der Waals surface area (Å²) in [6.07, 6.45) is 5.81. The van der Waals surface area contributed by atoms with E-state index in [1.165, 1.54) is 21.7 Å². The van der Waals surface area contributed by atoms with Crippen LogP contribution < -0.4 is 15.9 Å². The summed E-state index contributed by atoms with van der Waals surface area (Å²) in [4.78, 5) is 37.7. The minimum Gasteiger partial charge on any atom is -0.477 e. The molecule has 1 aliphatic carbocycles. The lowest BCUT2D eigenvalue weighted by Gasteiger charge is -2.26. The molecular formula is C23H23F2N3O6. The first-order valence-corrected chi connectivity index (χ1v) is 10.5. The SMILES string of the molecule is CC(C)(C)OC(=O)N1C=C(Oc2c(F)c(N)c3c(=O)c(C(=O)O)cn(C4CC4)c3c2F)C=CC1. The Morgan fingerprint density at radius 1 is 1.21 bits per heavy atom. The fraction of sp³-hybridized carbons (Fsp3) is 0.348. The number of amides is 1. The van der Waals surface area contributed by atoms with Crippen molar-refractivity contribution in [3.05, 3.63) is 57.7 Å². The van der Waals surface area contributed by atoms with Gasteiger partial charge < -0.3 is 24.9 Å². The number of carboxylic acids is 1. The van der Waals surface area contributed by atoms with Crippen molar-refractivity contribution in [1.82, 2.24) is 9.47 Å². The number of allylic oxidation sites excluding steroid dienone is 1. The van der Waals surface area contributed by atoms with Crippen LogP contribution >= 0.6 is 0 Å². The van der Waals surface area contributed by atoms with E-state index in [1.54, 1.807) is 26.8 Å². The maximum absolute atomic E-state index is 15.6. The smallest absolute Gasteiger partial charge is 0.414 e. The molecule has 1 aliphatic heterocycles. The summed E-state index contributed by atoms with van der Waals surface area (Å²) in [5, 5.41) is 8.81. The van der Waals surface area contributed by atoms with E-state index in [1.807, 2.05) is 0 Å². The zero-order chi connectivity index (χ0) is 24.9. The summed E-state index contributed by atoms with van der Waals surface area (Å²) >= 11 is 0. The number of hydrogen-bond acceptors (Lipinski definition) is 6. The number of hydrogen-bond donors (Lipinski definition) is 2. The normalized spacial score (nSPS) is 15.9. The first kappa shape index (κ1) is 23.3. The number of pyridine rings is 1. The van der Waals surface area contributed by atoms with E-state index in [-0.39, 0.29) is 23.9 Å². The van der Waals surface area contributed by atoms with Crippen molar-refractivity contribution in [2.24, 2.45) is 0 Å². The summed E-state index contributed by atoms with van der Waals surface area (Å²) < 4.78 is 42.8. The van der Waals surface area contributed by atoms with E-state index < -0.39 is 57.1 Å². The number of nitrogens with two attached hydrogens (primary N) is 1. The van der Waals surface area contributed by atoms with Crippen LogP contribution in [0.4, 0.5) is 19.3 Å². The molecule has 180 valence electrons. The highest BCUT2D eigenvalue weighted by atomic mass is 19.1. The molecule has 2 heterocycles. The first-order valence-electron chi connectivity index (χ1n) is 10.5. The molecule has 1 saturated carbocycles. The van der Waals surface area contributed by atoms with Crippen LogP contribution in [0.15, 0.2) is 35.1 Å². The molecule has 34 heavy (non-hydrogen) atoms. The van der Waals surface area contributed by atoms with Crippen LogP contribution in [0.25, 0.3) is 10.9 Å². The fourth-order valence-electron chi connectivity index (χ4n) is 3.58. The molecule has 1 aromatic heterocycles. The largest absolute Gasteiger partial charge is 0.477 e. The van der Waals surface area contributed by atoms with Gasteiger partial charge in [-0.2, -0.15) is 0 Å². The predicted molar refractivity (Wildman–Crippen MR) is 119 cm³/mol. The highest BCUT2D eigenvalue weighted by Gasteiger charge is 2.32. The highest BCUT2D eigenvalue weighted by Crippen LogP contribution is 2.41. The van der Waals surface area contributed by atoms with Gasteiger partial charge in [-0.25, -0.2) is 18.4 Å². The average Bonchev–Trinajstić information content (AvgIpc) is 3.59. The molecule has 1 fully saturated rings. The second-order valence-electron chi connectivity index (χ2n) is 9.08. The van der Waals surface area contributed by atoms with Gasteiger partial charge in [-0.15, -0.1) is 0 Å². The molecule has 1 amide bonds. The van der Waals surface area contributed by atoms with Gasteiger partial charge in [-0.3, -0.25) is 9.69 Å². The van der Waals surface area contributed by atoms with Crippen molar-refractivity contribution in [1.29, 1.82) is 0 Å². The highest BCUT2D eigenvalue weighted by molar-refractivity contribution is 5.98. The summed E-state index contributed by atoms with van der Waals surface area (Å²) in [5.74, 6) is -5.02. The van der Waals surface area contributed by atoms with Crippen LogP contribution in [0.3, 0.4) is 0 Å². The lowest BCUT2D eigenvalue weighted by atomic mass is 10.1. The number of rotatable bonds is 4. The average molecular weight is 475 g/mol. The van der Waals surface area contributed by atoms with Gasteiger partial charge in [0, 0.05) is 18.8 Å². The van der Waals surface area contributed by atoms with Crippen molar-refractivity contribution >= 4 is 28.7 Å². The van der Waals surface area contributed by atoms with Crippen molar-refractivity contribution in [3.8, 4) is 5.75 Å². The standard InChI is InChI=1S/C23H23F2N3O6/c1-23(2,3)34-22(32)27-8-4-5-12(9-27)33-20-15(24)17(26)14-18(16(20)25)28(11-6-7-11)10-13(19(14)29)21(30)31/h4-5,9-11H,6-8,26H2,1-3H3,(H,30,31). The molecule has 4 rings (SSSR count). The molecule has 0 spiro atoms. The van der Waals surface area contributed by atoms with E-state index in [0.29, 0.717) is 12.8 Å². The summed E-state index contributed by atoms with van der Waals surface area (Å²) in [6.45, 7) is 5.25. The third kappa shape index (κ3) is 4.20. The number of carbonyl (C=O) groups is 2. The van der Waals surface area contributed by atoms with E-state index in [2.05, 4.69) is 0 Å². The topological polar surface area (TPSA) is 124 Å². The van der Waals surface area contributed by atoms with Crippen LogP contribution in [0, 0.1) is 11.6 Å². The summed E-state index contributed by atoms with van der Waals surface area (Å²) in [7, 11) is 0. The van der Waals surface area contributed by atoms with E-state index in [4.69, 9.17) is 15.2 Å². The lowest BCUT2D eigenvalue weighted by molar-refractivity contribution is 0.0344. The maximum atomic E-state index is 15.6. The third-order valence-corrected chi connectivity index (χ3v) is 5.23. The van der Waals surface area contributed by atoms with Crippen molar-refractivity contribution in [2.45, 2.75) is 45.3 Å². The van der Waals surface area contributed by atoms with Crippen LogP contribution in [0.2, 0.25) is 0 Å². The molecule has 0 saturated heterocycles. The van der Waals surface area contributed by atoms with Crippen LogP contribution in [-0.4, -0.2) is 38.8 Å². The molecule has 1 aromatic carbocycles. The Kier molecular flexibility index (Phi) is 5.58. The summed E-state index contributed by atoms with van der Waals surface area (Å²) in [5.41, 5.74) is 2.31. The molecule has 9 nitrogen and oxygen atoms in total. The zero-order valence-corrected chi connectivity index (χ0v) is 18.7. The van der Waals surface area contributed by atoms with Gasteiger partial charge in [-0.1, -0.05) is 6.08 Å². The third-order valence-electron chi connectivity index (χ3n) is 5.23. The number of ether oxygens (including phenoxy) is 2. The van der Waals surface area contributed by atoms with Crippen LogP contribution in [0.5, 0.6) is 5.75 Å². The van der Waals surface area contributed by atoms with Crippen molar-refractivity contribution in [2.75, 3.05) is 12.3 Å². The van der Waals surface area contributed by atoms with Crippen molar-refractivity contribution in [3.63, 3.8) is 0 Å². The number of aromatic nitrogens is 1. The molecular weight excluding hydrogens is 452 g/mol. The van der Waals surface area contributed by atoms with Gasteiger partial charge in [0.15, 0.2) is 11.6 Å². The Bertz CT molecular complexity index is 1340. The Balaban J connectivity index is 1.82. The Morgan fingerprint density at radius 2 is 1.88 bits per heavy atom. The number of nitrogens with zero attached hydrogens (tertiary/aromatic N) is 2. The molecule has 0 unspecified atom stereocenters. The van der Waals surface area contributed by atoms with Gasteiger partial charge in [-0.05, 0) is 39.7 Å². The number of nitrogen functional groups attached to an aromatic ring is 1.